The fourth-order valence-corrected chi connectivity index (χ4v) is 1.31. The van der Waals surface area contributed by atoms with E-state index >= 15 is 0 Å². The maximum Gasteiger partial charge on any atom is 0.271 e. The second kappa shape index (κ2) is 3.66. The largest absolute Gasteiger partial charge is 0.369 e. The maximum absolute atomic E-state index is 11.4. The van der Waals surface area contributed by atoms with E-state index in [0.29, 0.717) is 13.1 Å². The number of hydrogen-bond acceptors (Lipinski definition) is 3. The van der Waals surface area contributed by atoms with Gasteiger partial charge in [-0.1, -0.05) is 0 Å². The summed E-state index contributed by atoms with van der Waals surface area (Å²) in [5.41, 5.74) is 6.13. The van der Waals surface area contributed by atoms with Crippen LogP contribution in [0.3, 0.4) is 0 Å². The first kappa shape index (κ1) is 9.85. The van der Waals surface area contributed by atoms with Crippen LogP contribution >= 0.6 is 0 Å². The molecule has 0 spiro atoms. The highest BCUT2D eigenvalue weighted by atomic mass is 16.1. The summed E-state index contributed by atoms with van der Waals surface area (Å²) in [6, 6.07) is 0. The minimum Gasteiger partial charge on any atom is -0.369 e. The molecule has 0 unspecified atom stereocenters. The Balaban J connectivity index is 3.06. The smallest absolute Gasteiger partial charge is 0.271 e. The lowest BCUT2D eigenvalue weighted by atomic mass is 10.3. The van der Waals surface area contributed by atoms with E-state index in [1.54, 1.807) is 23.3 Å². The Morgan fingerprint density at radius 3 is 2.38 bits per heavy atom. The van der Waals surface area contributed by atoms with Gasteiger partial charge >= 0.3 is 0 Å². The topological polar surface area (TPSA) is 65.0 Å². The molecule has 0 aromatic carbocycles. The van der Waals surface area contributed by atoms with Crippen LogP contribution in [-0.4, -0.2) is 22.5 Å². The zero-order chi connectivity index (χ0) is 10.0. The fraction of sp³-hybridized carbons (Fsp3) is 0.625. The van der Waals surface area contributed by atoms with Gasteiger partial charge in [-0.15, -0.1) is 0 Å². The molecule has 1 heterocycles. The van der Waals surface area contributed by atoms with Gasteiger partial charge in [0.05, 0.1) is 5.56 Å². The van der Waals surface area contributed by atoms with Gasteiger partial charge in [-0.2, -0.15) is 0 Å². The third-order valence-electron chi connectivity index (χ3n) is 2.18. The van der Waals surface area contributed by atoms with Crippen molar-refractivity contribution in [2.24, 2.45) is 19.8 Å². The van der Waals surface area contributed by atoms with Crippen LogP contribution in [0.2, 0.25) is 0 Å². The van der Waals surface area contributed by atoms with Crippen LogP contribution in [0.1, 0.15) is 5.56 Å². The second-order valence-corrected chi connectivity index (χ2v) is 3.04. The molecule has 0 saturated carbocycles. The van der Waals surface area contributed by atoms with Crippen LogP contribution in [0.25, 0.3) is 0 Å². The number of aromatic nitrogens is 2. The molecule has 0 aliphatic heterocycles. The molecule has 0 aliphatic rings. The monoisotopic (exact) mass is 184 g/mol. The Morgan fingerprint density at radius 1 is 1.38 bits per heavy atom. The van der Waals surface area contributed by atoms with Crippen LogP contribution in [0, 0.1) is 6.92 Å². The Labute approximate surface area is 77.1 Å². The summed E-state index contributed by atoms with van der Waals surface area (Å²) in [5.74, 6) is 0.845. The van der Waals surface area contributed by atoms with Crippen LogP contribution in [-0.2, 0) is 14.1 Å². The molecule has 0 radical (unpaired) electrons. The highest BCUT2D eigenvalue weighted by Gasteiger charge is 2.10. The first-order valence-corrected chi connectivity index (χ1v) is 4.26. The fourth-order valence-electron chi connectivity index (χ4n) is 1.31. The van der Waals surface area contributed by atoms with Crippen LogP contribution in [0.4, 0.5) is 5.82 Å². The van der Waals surface area contributed by atoms with Gasteiger partial charge < -0.3 is 11.1 Å². The summed E-state index contributed by atoms with van der Waals surface area (Å²) < 4.78 is 3.35. The lowest BCUT2D eigenvalue weighted by Gasteiger charge is -2.07. The van der Waals surface area contributed by atoms with Crippen LogP contribution in [0.15, 0.2) is 4.79 Å². The molecule has 0 aliphatic carbocycles. The summed E-state index contributed by atoms with van der Waals surface area (Å²) in [7, 11) is 3.58. The lowest BCUT2D eigenvalue weighted by Crippen LogP contribution is -2.18. The molecule has 1 aromatic rings. The molecule has 0 fully saturated rings. The highest BCUT2D eigenvalue weighted by molar-refractivity contribution is 5.43. The summed E-state index contributed by atoms with van der Waals surface area (Å²) in [5, 5.41) is 3.11. The van der Waals surface area contributed by atoms with Gasteiger partial charge in [0.2, 0.25) is 0 Å². The van der Waals surface area contributed by atoms with E-state index in [-0.39, 0.29) is 5.56 Å². The van der Waals surface area contributed by atoms with Crippen molar-refractivity contribution >= 4 is 5.82 Å². The number of anilines is 1. The van der Waals surface area contributed by atoms with Gasteiger partial charge in [-0.3, -0.25) is 14.2 Å². The van der Waals surface area contributed by atoms with Crippen molar-refractivity contribution in [2.75, 3.05) is 18.4 Å². The van der Waals surface area contributed by atoms with Crippen molar-refractivity contribution in [3.05, 3.63) is 15.9 Å². The Bertz CT molecular complexity index is 350. The normalized spacial score (nSPS) is 10.5. The van der Waals surface area contributed by atoms with Crippen LogP contribution < -0.4 is 16.6 Å². The SMILES string of the molecule is Cc1c(NCCN)n(C)n(C)c1=O. The molecule has 0 saturated heterocycles. The zero-order valence-corrected chi connectivity index (χ0v) is 8.29. The Hall–Kier alpha value is -1.23. The molecule has 13 heavy (non-hydrogen) atoms. The number of rotatable bonds is 3. The summed E-state index contributed by atoms with van der Waals surface area (Å²) >= 11 is 0. The molecular formula is C8H16N4O. The van der Waals surface area contributed by atoms with E-state index in [4.69, 9.17) is 5.73 Å². The van der Waals surface area contributed by atoms with Crippen molar-refractivity contribution in [3.8, 4) is 0 Å². The van der Waals surface area contributed by atoms with Crippen molar-refractivity contribution in [2.45, 2.75) is 6.92 Å². The first-order chi connectivity index (χ1) is 6.09. The standard InChI is InChI=1S/C8H16N4O/c1-6-7(10-5-4-9)11(2)12(3)8(6)13/h10H,4-5,9H2,1-3H3. The van der Waals surface area contributed by atoms with Gasteiger partial charge in [0.1, 0.15) is 5.82 Å². The number of hydrogen-bond donors (Lipinski definition) is 2. The molecule has 74 valence electrons. The molecule has 3 N–H and O–H groups in total. The summed E-state index contributed by atoms with van der Waals surface area (Å²) in [4.78, 5) is 11.4. The van der Waals surface area contributed by atoms with Crippen molar-refractivity contribution in [1.29, 1.82) is 0 Å². The zero-order valence-electron chi connectivity index (χ0n) is 8.29. The molecular weight excluding hydrogens is 168 g/mol. The van der Waals surface area contributed by atoms with E-state index in [1.807, 2.05) is 7.05 Å². The number of nitrogens with two attached hydrogens (primary N) is 1. The quantitative estimate of drug-likeness (QED) is 0.659. The third kappa shape index (κ3) is 1.60. The maximum atomic E-state index is 11.4. The molecule has 5 heteroatoms. The van der Waals surface area contributed by atoms with Gasteiger partial charge in [-0.05, 0) is 6.92 Å². The van der Waals surface area contributed by atoms with Gasteiger partial charge in [0.25, 0.3) is 5.56 Å². The first-order valence-electron chi connectivity index (χ1n) is 4.26. The molecule has 1 aromatic heterocycles. The van der Waals surface area contributed by atoms with Crippen molar-refractivity contribution in [1.82, 2.24) is 9.36 Å². The number of nitrogens with one attached hydrogen (secondary N) is 1. The lowest BCUT2D eigenvalue weighted by molar-refractivity contribution is 0.583. The van der Waals surface area contributed by atoms with E-state index in [0.717, 1.165) is 11.4 Å². The van der Waals surface area contributed by atoms with Crippen LogP contribution in [0.5, 0.6) is 0 Å². The average Bonchev–Trinajstić information content (AvgIpc) is 2.30. The third-order valence-corrected chi connectivity index (χ3v) is 2.18. The minimum absolute atomic E-state index is 0.0296. The second-order valence-electron chi connectivity index (χ2n) is 3.04. The van der Waals surface area contributed by atoms with E-state index < -0.39 is 0 Å². The van der Waals surface area contributed by atoms with Gasteiger partial charge in [-0.25, -0.2) is 0 Å². The Morgan fingerprint density at radius 2 is 2.00 bits per heavy atom. The van der Waals surface area contributed by atoms with Crippen molar-refractivity contribution in [3.63, 3.8) is 0 Å². The molecule has 1 rings (SSSR count). The van der Waals surface area contributed by atoms with Crippen molar-refractivity contribution < 1.29 is 0 Å². The molecule has 0 atom stereocenters. The van der Waals surface area contributed by atoms with E-state index in [2.05, 4.69) is 5.32 Å². The van der Waals surface area contributed by atoms with Gasteiger partial charge in [0, 0.05) is 27.2 Å². The minimum atomic E-state index is 0.0296. The average molecular weight is 184 g/mol. The van der Waals surface area contributed by atoms with E-state index in [9.17, 15) is 4.79 Å². The number of nitrogens with zero attached hydrogens (tertiary/aromatic N) is 2. The van der Waals surface area contributed by atoms with Gasteiger partial charge in [0.15, 0.2) is 0 Å². The molecule has 0 bridgehead atoms. The van der Waals surface area contributed by atoms with E-state index in [1.165, 1.54) is 0 Å². The summed E-state index contributed by atoms with van der Waals surface area (Å²) in [6.07, 6.45) is 0. The molecule has 5 nitrogen and oxygen atoms in total. The Kier molecular flexibility index (Phi) is 2.77. The predicted molar refractivity (Wildman–Crippen MR) is 52.9 cm³/mol. The summed E-state index contributed by atoms with van der Waals surface area (Å²) in [6.45, 7) is 3.04. The predicted octanol–water partition coefficient (Wildman–Crippen LogP) is -0.597. The highest BCUT2D eigenvalue weighted by Crippen LogP contribution is 2.08. The molecule has 0 amide bonds.